The van der Waals surface area contributed by atoms with Gasteiger partial charge in [0.05, 0.1) is 16.6 Å². The molecule has 2 aromatic rings. The first kappa shape index (κ1) is 11.7. The Morgan fingerprint density at radius 1 is 1.33 bits per heavy atom. The third-order valence-corrected chi connectivity index (χ3v) is 4.65. The van der Waals surface area contributed by atoms with E-state index in [0.29, 0.717) is 0 Å². The molecule has 1 aliphatic rings. The molecule has 4 heteroatoms. The van der Waals surface area contributed by atoms with Crippen LogP contribution >= 0.6 is 11.3 Å². The molecule has 3 nitrogen and oxygen atoms in total. The largest absolute Gasteiger partial charge is 0.482 e. The molecule has 2 N–H and O–H groups in total. The number of aromatic nitrogens is 1. The lowest BCUT2D eigenvalue weighted by Gasteiger charge is -2.31. The Bertz CT molecular complexity index is 602. The van der Waals surface area contributed by atoms with E-state index in [0.717, 1.165) is 26.9 Å². The number of fused-ring (bicyclic) bond motifs is 3. The number of benzene rings is 1. The summed E-state index contributed by atoms with van der Waals surface area (Å²) in [5.41, 5.74) is 7.69. The fourth-order valence-corrected chi connectivity index (χ4v) is 3.27. The fourth-order valence-electron chi connectivity index (χ4n) is 2.19. The second-order valence-electron chi connectivity index (χ2n) is 5.13. The lowest BCUT2D eigenvalue weighted by molar-refractivity contribution is 0.109. The Morgan fingerprint density at radius 3 is 2.78 bits per heavy atom. The van der Waals surface area contributed by atoms with Crippen molar-refractivity contribution < 1.29 is 4.74 Å². The van der Waals surface area contributed by atoms with Gasteiger partial charge in [0.1, 0.15) is 16.4 Å². The molecule has 0 aliphatic carbocycles. The standard InChI is InChI=1S/C14H16N2OS/c1-8(15)13-16-11-9-6-4-5-7-10(9)17-14(2,3)12(11)18-13/h4-8H,15H2,1-3H3. The van der Waals surface area contributed by atoms with E-state index in [-0.39, 0.29) is 11.6 Å². The molecular formula is C14H16N2OS. The summed E-state index contributed by atoms with van der Waals surface area (Å²) in [4.78, 5) is 5.86. The molecule has 1 aromatic carbocycles. The van der Waals surface area contributed by atoms with Crippen LogP contribution in [0.25, 0.3) is 11.3 Å². The van der Waals surface area contributed by atoms with Crippen molar-refractivity contribution in [3.05, 3.63) is 34.2 Å². The highest BCUT2D eigenvalue weighted by Gasteiger charge is 2.36. The third kappa shape index (κ3) is 1.64. The molecule has 1 unspecified atom stereocenters. The lowest BCUT2D eigenvalue weighted by Crippen LogP contribution is -2.27. The minimum absolute atomic E-state index is 0.0384. The second-order valence-corrected chi connectivity index (χ2v) is 6.16. The van der Waals surface area contributed by atoms with E-state index in [4.69, 9.17) is 15.5 Å². The number of thiazole rings is 1. The molecule has 18 heavy (non-hydrogen) atoms. The van der Waals surface area contributed by atoms with Crippen LogP contribution in [0.4, 0.5) is 0 Å². The molecule has 0 saturated heterocycles. The minimum Gasteiger partial charge on any atom is -0.482 e. The highest BCUT2D eigenvalue weighted by molar-refractivity contribution is 7.12. The highest BCUT2D eigenvalue weighted by Crippen LogP contribution is 2.47. The maximum Gasteiger partial charge on any atom is 0.140 e. The molecule has 2 heterocycles. The number of nitrogens with two attached hydrogens (primary N) is 1. The number of rotatable bonds is 1. The van der Waals surface area contributed by atoms with Gasteiger partial charge in [0.15, 0.2) is 0 Å². The number of nitrogens with zero attached hydrogens (tertiary/aromatic N) is 1. The van der Waals surface area contributed by atoms with Gasteiger partial charge in [-0.3, -0.25) is 0 Å². The topological polar surface area (TPSA) is 48.1 Å². The zero-order valence-electron chi connectivity index (χ0n) is 10.7. The first-order chi connectivity index (χ1) is 8.49. The van der Waals surface area contributed by atoms with Crippen molar-refractivity contribution in [2.75, 3.05) is 0 Å². The van der Waals surface area contributed by atoms with Crippen molar-refractivity contribution in [2.45, 2.75) is 32.4 Å². The van der Waals surface area contributed by atoms with E-state index in [9.17, 15) is 0 Å². The van der Waals surface area contributed by atoms with Crippen LogP contribution in [0.3, 0.4) is 0 Å². The quantitative estimate of drug-likeness (QED) is 0.854. The summed E-state index contributed by atoms with van der Waals surface area (Å²) in [6, 6.07) is 8.00. The van der Waals surface area contributed by atoms with Crippen molar-refractivity contribution in [1.29, 1.82) is 0 Å². The Morgan fingerprint density at radius 2 is 2.06 bits per heavy atom. The predicted octanol–water partition coefficient (Wildman–Crippen LogP) is 3.46. The fraction of sp³-hybridized carbons (Fsp3) is 0.357. The van der Waals surface area contributed by atoms with E-state index in [1.165, 1.54) is 0 Å². The van der Waals surface area contributed by atoms with Crippen LogP contribution in [0, 0.1) is 0 Å². The van der Waals surface area contributed by atoms with Crippen LogP contribution in [0.15, 0.2) is 24.3 Å². The Labute approximate surface area is 111 Å². The molecule has 0 amide bonds. The van der Waals surface area contributed by atoms with Gasteiger partial charge < -0.3 is 10.5 Å². The third-order valence-electron chi connectivity index (χ3n) is 3.09. The van der Waals surface area contributed by atoms with Crippen LogP contribution in [0.5, 0.6) is 5.75 Å². The first-order valence-corrected chi connectivity index (χ1v) is 6.86. The van der Waals surface area contributed by atoms with Crippen LogP contribution in [0.1, 0.15) is 36.7 Å². The van der Waals surface area contributed by atoms with E-state index in [2.05, 4.69) is 13.8 Å². The van der Waals surface area contributed by atoms with Crippen molar-refractivity contribution in [2.24, 2.45) is 5.73 Å². The number of hydrogen-bond acceptors (Lipinski definition) is 4. The van der Waals surface area contributed by atoms with Crippen LogP contribution < -0.4 is 10.5 Å². The van der Waals surface area contributed by atoms with Gasteiger partial charge in [0, 0.05) is 5.56 Å². The van der Waals surface area contributed by atoms with Gasteiger partial charge >= 0.3 is 0 Å². The summed E-state index contributed by atoms with van der Waals surface area (Å²) in [7, 11) is 0. The zero-order valence-corrected chi connectivity index (χ0v) is 11.5. The van der Waals surface area contributed by atoms with E-state index in [1.54, 1.807) is 11.3 Å². The van der Waals surface area contributed by atoms with Gasteiger partial charge in [-0.25, -0.2) is 4.98 Å². The predicted molar refractivity (Wildman–Crippen MR) is 73.8 cm³/mol. The van der Waals surface area contributed by atoms with Gasteiger partial charge in [-0.15, -0.1) is 11.3 Å². The molecular weight excluding hydrogens is 244 g/mol. The monoisotopic (exact) mass is 260 g/mol. The Kier molecular flexibility index (Phi) is 2.47. The second kappa shape index (κ2) is 3.80. The minimum atomic E-state index is -0.339. The summed E-state index contributed by atoms with van der Waals surface area (Å²) in [6.45, 7) is 6.11. The smallest absolute Gasteiger partial charge is 0.140 e. The average molecular weight is 260 g/mol. The lowest BCUT2D eigenvalue weighted by atomic mass is 9.97. The number of hydrogen-bond donors (Lipinski definition) is 1. The highest BCUT2D eigenvalue weighted by atomic mass is 32.1. The van der Waals surface area contributed by atoms with Crippen molar-refractivity contribution >= 4 is 11.3 Å². The van der Waals surface area contributed by atoms with Gasteiger partial charge in [0.25, 0.3) is 0 Å². The molecule has 94 valence electrons. The molecule has 0 spiro atoms. The normalized spacial score (nSPS) is 17.6. The van der Waals surface area contributed by atoms with E-state index >= 15 is 0 Å². The molecule has 3 rings (SSSR count). The van der Waals surface area contributed by atoms with Crippen LogP contribution in [-0.2, 0) is 5.60 Å². The molecule has 0 radical (unpaired) electrons. The van der Waals surface area contributed by atoms with Gasteiger partial charge in [-0.1, -0.05) is 12.1 Å². The Balaban J connectivity index is 2.26. The summed E-state index contributed by atoms with van der Waals surface area (Å²) in [5.74, 6) is 0.900. The van der Waals surface area contributed by atoms with E-state index < -0.39 is 0 Å². The van der Waals surface area contributed by atoms with E-state index in [1.807, 2.05) is 31.2 Å². The molecule has 0 saturated carbocycles. The summed E-state index contributed by atoms with van der Waals surface area (Å²) in [6.07, 6.45) is 0. The first-order valence-electron chi connectivity index (χ1n) is 6.04. The SMILES string of the molecule is CC(N)c1nc2c(s1)C(C)(C)Oc1ccccc1-2. The zero-order chi connectivity index (χ0) is 12.9. The summed E-state index contributed by atoms with van der Waals surface area (Å²) < 4.78 is 6.07. The average Bonchev–Trinajstić information content (AvgIpc) is 2.74. The molecule has 0 fully saturated rings. The van der Waals surface area contributed by atoms with Crippen molar-refractivity contribution in [1.82, 2.24) is 4.98 Å². The Hall–Kier alpha value is -1.39. The molecule has 1 atom stereocenters. The maximum absolute atomic E-state index is 6.07. The molecule has 1 aromatic heterocycles. The number of ether oxygens (including phenoxy) is 1. The van der Waals surface area contributed by atoms with Gasteiger partial charge in [0.2, 0.25) is 0 Å². The van der Waals surface area contributed by atoms with Gasteiger partial charge in [-0.05, 0) is 32.9 Å². The van der Waals surface area contributed by atoms with Gasteiger partial charge in [-0.2, -0.15) is 0 Å². The van der Waals surface area contributed by atoms with Crippen molar-refractivity contribution in [3.8, 4) is 17.0 Å². The van der Waals surface area contributed by atoms with Crippen LogP contribution in [-0.4, -0.2) is 4.98 Å². The maximum atomic E-state index is 6.07. The summed E-state index contributed by atoms with van der Waals surface area (Å²) in [5, 5.41) is 0.966. The number of para-hydroxylation sites is 1. The molecule has 1 aliphatic heterocycles. The summed E-state index contributed by atoms with van der Waals surface area (Å²) >= 11 is 1.65. The molecule has 0 bridgehead atoms. The van der Waals surface area contributed by atoms with Crippen LogP contribution in [0.2, 0.25) is 0 Å². The van der Waals surface area contributed by atoms with Crippen molar-refractivity contribution in [3.63, 3.8) is 0 Å².